The van der Waals surface area contributed by atoms with E-state index in [-0.39, 0.29) is 23.5 Å². The highest BCUT2D eigenvalue weighted by Crippen LogP contribution is 2.26. The molecule has 0 fully saturated rings. The van der Waals surface area contributed by atoms with Crippen molar-refractivity contribution in [1.82, 2.24) is 10.2 Å². The van der Waals surface area contributed by atoms with E-state index in [1.54, 1.807) is 0 Å². The molecule has 2 rings (SSSR count). The lowest BCUT2D eigenvalue weighted by molar-refractivity contribution is -0.119. The molecule has 128 valence electrons. The van der Waals surface area contributed by atoms with Gasteiger partial charge in [-0.15, -0.1) is 10.2 Å². The summed E-state index contributed by atoms with van der Waals surface area (Å²) in [6.45, 7) is 7.60. The summed E-state index contributed by atoms with van der Waals surface area (Å²) in [5, 5.41) is 13.9. The number of anilines is 2. The van der Waals surface area contributed by atoms with Crippen molar-refractivity contribution in [3.8, 4) is 0 Å². The van der Waals surface area contributed by atoms with E-state index >= 15 is 0 Å². The first-order valence-corrected chi connectivity index (χ1v) is 9.29. The maximum absolute atomic E-state index is 12.0. The van der Waals surface area contributed by atoms with Gasteiger partial charge in [0.1, 0.15) is 0 Å². The van der Waals surface area contributed by atoms with Crippen LogP contribution in [0.5, 0.6) is 0 Å². The van der Waals surface area contributed by atoms with Crippen LogP contribution in [-0.4, -0.2) is 27.8 Å². The molecular formula is C16H20N4O2S2. The fourth-order valence-corrected chi connectivity index (χ4v) is 3.49. The summed E-state index contributed by atoms with van der Waals surface area (Å²) in [7, 11) is 0. The van der Waals surface area contributed by atoms with E-state index in [2.05, 4.69) is 26.9 Å². The largest absolute Gasteiger partial charge is 0.325 e. The van der Waals surface area contributed by atoms with Crippen molar-refractivity contribution in [1.29, 1.82) is 0 Å². The Balaban J connectivity index is 1.85. The number of aromatic nitrogens is 2. The van der Waals surface area contributed by atoms with Crippen LogP contribution in [-0.2, 0) is 9.59 Å². The second-order valence-electron chi connectivity index (χ2n) is 5.73. The Hall–Kier alpha value is -1.93. The summed E-state index contributed by atoms with van der Waals surface area (Å²) in [4.78, 5) is 23.6. The Morgan fingerprint density at radius 2 is 1.79 bits per heavy atom. The lowest BCUT2D eigenvalue weighted by Crippen LogP contribution is -2.17. The fourth-order valence-electron chi connectivity index (χ4n) is 1.94. The molecule has 0 saturated carbocycles. The molecule has 2 amide bonds. The molecule has 0 atom stereocenters. The number of aryl methyl sites for hydroxylation is 2. The van der Waals surface area contributed by atoms with Crippen LogP contribution < -0.4 is 10.6 Å². The third-order valence-corrected chi connectivity index (χ3v) is 4.97. The molecule has 2 N–H and O–H groups in total. The van der Waals surface area contributed by atoms with Gasteiger partial charge in [-0.25, -0.2) is 0 Å². The zero-order valence-corrected chi connectivity index (χ0v) is 15.7. The predicted octanol–water partition coefficient (Wildman–Crippen LogP) is 3.48. The lowest BCUT2D eigenvalue weighted by atomic mass is 10.1. The van der Waals surface area contributed by atoms with Crippen molar-refractivity contribution >= 4 is 45.7 Å². The number of carbonyl (C=O) groups excluding carboxylic acids is 2. The first-order valence-electron chi connectivity index (χ1n) is 7.49. The molecule has 0 aliphatic carbocycles. The molecule has 2 aromatic rings. The SMILES string of the molecule is Cc1cc(C)cc(NC(=O)CSc2nnc(NC(=O)C(C)C)s2)c1. The molecule has 1 heterocycles. The quantitative estimate of drug-likeness (QED) is 0.605. The zero-order valence-electron chi connectivity index (χ0n) is 14.0. The number of hydrogen-bond donors (Lipinski definition) is 2. The maximum Gasteiger partial charge on any atom is 0.234 e. The third-order valence-electron chi connectivity index (χ3n) is 2.99. The van der Waals surface area contributed by atoms with Gasteiger partial charge in [-0.05, 0) is 37.1 Å². The van der Waals surface area contributed by atoms with Gasteiger partial charge in [0, 0.05) is 11.6 Å². The van der Waals surface area contributed by atoms with E-state index in [0.717, 1.165) is 16.8 Å². The summed E-state index contributed by atoms with van der Waals surface area (Å²) in [5.74, 6) is -0.0866. The van der Waals surface area contributed by atoms with Gasteiger partial charge in [0.2, 0.25) is 16.9 Å². The number of rotatable bonds is 6. The minimum atomic E-state index is -0.117. The molecule has 0 aliphatic rings. The van der Waals surface area contributed by atoms with Crippen molar-refractivity contribution in [2.75, 3.05) is 16.4 Å². The molecule has 0 saturated heterocycles. The number of benzene rings is 1. The lowest BCUT2D eigenvalue weighted by Gasteiger charge is -2.06. The van der Waals surface area contributed by atoms with Gasteiger partial charge in [0.25, 0.3) is 0 Å². The summed E-state index contributed by atoms with van der Waals surface area (Å²) >= 11 is 2.55. The number of hydrogen-bond acceptors (Lipinski definition) is 6. The summed E-state index contributed by atoms with van der Waals surface area (Å²) in [6.07, 6.45) is 0. The summed E-state index contributed by atoms with van der Waals surface area (Å²) in [5.41, 5.74) is 3.00. The average Bonchev–Trinajstić information content (AvgIpc) is 2.91. The van der Waals surface area contributed by atoms with Crippen molar-refractivity contribution in [3.63, 3.8) is 0 Å². The van der Waals surface area contributed by atoms with Gasteiger partial charge in [0.15, 0.2) is 4.34 Å². The molecule has 0 aliphatic heterocycles. The predicted molar refractivity (Wildman–Crippen MR) is 98.6 cm³/mol. The molecular weight excluding hydrogens is 344 g/mol. The van der Waals surface area contributed by atoms with Gasteiger partial charge < -0.3 is 10.6 Å². The number of thioether (sulfide) groups is 1. The molecule has 0 bridgehead atoms. The molecule has 0 unspecified atom stereocenters. The summed E-state index contributed by atoms with van der Waals surface area (Å²) in [6, 6.07) is 5.92. The van der Waals surface area contributed by atoms with Crippen molar-refractivity contribution in [2.45, 2.75) is 32.0 Å². The highest BCUT2D eigenvalue weighted by atomic mass is 32.2. The fraction of sp³-hybridized carbons (Fsp3) is 0.375. The second kappa shape index (κ2) is 8.25. The van der Waals surface area contributed by atoms with Crippen molar-refractivity contribution in [3.05, 3.63) is 29.3 Å². The number of nitrogens with one attached hydrogen (secondary N) is 2. The van der Waals surface area contributed by atoms with Crippen molar-refractivity contribution in [2.24, 2.45) is 5.92 Å². The van der Waals surface area contributed by atoms with Crippen LogP contribution in [0.15, 0.2) is 22.5 Å². The van der Waals surface area contributed by atoms with Gasteiger partial charge in [-0.2, -0.15) is 0 Å². The van der Waals surface area contributed by atoms with E-state index in [1.165, 1.54) is 23.1 Å². The van der Waals surface area contributed by atoms with E-state index in [4.69, 9.17) is 0 Å². The highest BCUT2D eigenvalue weighted by Gasteiger charge is 2.12. The average molecular weight is 364 g/mol. The molecule has 6 nitrogen and oxygen atoms in total. The molecule has 0 radical (unpaired) electrons. The molecule has 24 heavy (non-hydrogen) atoms. The van der Waals surface area contributed by atoms with Gasteiger partial charge in [0.05, 0.1) is 5.75 Å². The van der Waals surface area contributed by atoms with Gasteiger partial charge >= 0.3 is 0 Å². The number of carbonyl (C=O) groups is 2. The Morgan fingerprint density at radius 3 is 2.42 bits per heavy atom. The first-order chi connectivity index (χ1) is 11.3. The molecule has 1 aromatic carbocycles. The Morgan fingerprint density at radius 1 is 1.12 bits per heavy atom. The Bertz CT molecular complexity index is 723. The van der Waals surface area contributed by atoms with Crippen LogP contribution in [0, 0.1) is 19.8 Å². The number of nitrogens with zero attached hydrogens (tertiary/aromatic N) is 2. The highest BCUT2D eigenvalue weighted by molar-refractivity contribution is 8.01. The van der Waals surface area contributed by atoms with Crippen LogP contribution in [0.25, 0.3) is 0 Å². The third kappa shape index (κ3) is 5.61. The topological polar surface area (TPSA) is 84.0 Å². The van der Waals surface area contributed by atoms with Crippen LogP contribution in [0.2, 0.25) is 0 Å². The minimum Gasteiger partial charge on any atom is -0.325 e. The second-order valence-corrected chi connectivity index (χ2v) is 7.93. The normalized spacial score (nSPS) is 10.7. The number of amides is 2. The van der Waals surface area contributed by atoms with Gasteiger partial charge in [-0.1, -0.05) is 43.0 Å². The van der Waals surface area contributed by atoms with Crippen LogP contribution in [0.4, 0.5) is 10.8 Å². The Kier molecular flexibility index (Phi) is 6.33. The summed E-state index contributed by atoms with van der Waals surface area (Å²) < 4.78 is 0.643. The van der Waals surface area contributed by atoms with E-state index in [1.807, 2.05) is 39.8 Å². The standard InChI is InChI=1S/C16H20N4O2S2/c1-9(2)14(22)18-15-19-20-16(24-15)23-8-13(21)17-12-6-10(3)5-11(4)7-12/h5-7,9H,8H2,1-4H3,(H,17,21)(H,18,19,22). The monoisotopic (exact) mass is 364 g/mol. The van der Waals surface area contributed by atoms with Gasteiger partial charge in [-0.3, -0.25) is 9.59 Å². The van der Waals surface area contributed by atoms with E-state index in [0.29, 0.717) is 9.47 Å². The van der Waals surface area contributed by atoms with E-state index < -0.39 is 0 Å². The van der Waals surface area contributed by atoms with Crippen LogP contribution in [0.1, 0.15) is 25.0 Å². The maximum atomic E-state index is 12.0. The van der Waals surface area contributed by atoms with Crippen LogP contribution in [0.3, 0.4) is 0 Å². The minimum absolute atomic E-state index is 0.102. The Labute approximate surface area is 149 Å². The molecule has 8 heteroatoms. The van der Waals surface area contributed by atoms with Crippen LogP contribution >= 0.6 is 23.1 Å². The molecule has 0 spiro atoms. The van der Waals surface area contributed by atoms with Crippen molar-refractivity contribution < 1.29 is 9.59 Å². The smallest absolute Gasteiger partial charge is 0.234 e. The van der Waals surface area contributed by atoms with E-state index in [9.17, 15) is 9.59 Å². The molecule has 1 aromatic heterocycles. The first kappa shape index (κ1) is 18.4. The zero-order chi connectivity index (χ0) is 17.7.